The molecule has 0 aromatic carbocycles. The molecule has 0 amide bonds. The molecule has 0 saturated carbocycles. The Morgan fingerprint density at radius 1 is 1.35 bits per heavy atom. The molecule has 0 aromatic rings. The molecule has 8 heteroatoms. The van der Waals surface area contributed by atoms with E-state index in [1.54, 1.807) is 13.0 Å². The predicted molar refractivity (Wildman–Crippen MR) is 91.0 cm³/mol. The van der Waals surface area contributed by atoms with E-state index >= 15 is 0 Å². The largest absolute Gasteiger partial charge is 0.459 e. The maximum Gasteiger partial charge on any atom is 0.338 e. The van der Waals surface area contributed by atoms with Gasteiger partial charge in [-0.25, -0.2) is 4.79 Å². The summed E-state index contributed by atoms with van der Waals surface area (Å²) in [5.41, 5.74) is -1.81. The van der Waals surface area contributed by atoms with Gasteiger partial charge in [-0.05, 0) is 19.9 Å². The third-order valence-corrected chi connectivity index (χ3v) is 5.27. The molecule has 0 radical (unpaired) electrons. The summed E-state index contributed by atoms with van der Waals surface area (Å²) in [5.74, 6) is -4.03. The highest BCUT2D eigenvalue weighted by molar-refractivity contribution is 6.00. The lowest BCUT2D eigenvalue weighted by Gasteiger charge is -2.35. The van der Waals surface area contributed by atoms with Crippen LogP contribution in [0, 0.1) is 11.8 Å². The van der Waals surface area contributed by atoms with Crippen molar-refractivity contribution in [2.45, 2.75) is 51.4 Å². The fraction of sp³-hybridized carbons (Fsp3) is 0.722. The third-order valence-electron chi connectivity index (χ3n) is 5.27. The second-order valence-electron chi connectivity index (χ2n) is 7.03. The molecule has 8 nitrogen and oxygen atoms in total. The van der Waals surface area contributed by atoms with Gasteiger partial charge in [-0.3, -0.25) is 9.59 Å². The number of Topliss-reactive ketones (excluding diaryl/α,β-unsaturated/α-hetero) is 1. The van der Waals surface area contributed by atoms with Crippen LogP contribution >= 0.6 is 0 Å². The summed E-state index contributed by atoms with van der Waals surface area (Å²) >= 11 is 0. The number of aliphatic hydroxyl groups excluding tert-OH is 1. The van der Waals surface area contributed by atoms with E-state index in [1.807, 2.05) is 0 Å². The first kappa shape index (κ1) is 20.5. The van der Waals surface area contributed by atoms with Gasteiger partial charge in [-0.1, -0.05) is 19.9 Å². The molecule has 1 saturated heterocycles. The molecule has 2 aliphatic heterocycles. The molecule has 2 aliphatic rings. The first-order valence-electron chi connectivity index (χ1n) is 8.92. The number of carbonyl (C=O) groups is 3. The normalized spacial score (nSPS) is 39.3. The van der Waals surface area contributed by atoms with Crippen LogP contribution in [0.3, 0.4) is 0 Å². The Labute approximate surface area is 152 Å². The minimum Gasteiger partial charge on any atom is -0.459 e. The summed E-state index contributed by atoms with van der Waals surface area (Å²) in [6.45, 7) is 4.96. The van der Waals surface area contributed by atoms with Crippen molar-refractivity contribution < 1.29 is 34.1 Å². The van der Waals surface area contributed by atoms with Crippen LogP contribution in [-0.4, -0.2) is 65.4 Å². The van der Waals surface area contributed by atoms with Crippen molar-refractivity contribution in [2.24, 2.45) is 11.8 Å². The van der Waals surface area contributed by atoms with Gasteiger partial charge in [0.25, 0.3) is 0 Å². The summed E-state index contributed by atoms with van der Waals surface area (Å²) < 4.78 is 10.5. The molecule has 0 aromatic heterocycles. The summed E-state index contributed by atoms with van der Waals surface area (Å²) in [7, 11) is 0. The number of esters is 2. The number of aliphatic hydroxyl groups is 2. The van der Waals surface area contributed by atoms with E-state index in [2.05, 4.69) is 5.32 Å². The van der Waals surface area contributed by atoms with Crippen LogP contribution in [0.25, 0.3) is 0 Å². The van der Waals surface area contributed by atoms with Crippen LogP contribution in [0.4, 0.5) is 0 Å². The van der Waals surface area contributed by atoms with Gasteiger partial charge in [0.2, 0.25) is 5.78 Å². The van der Waals surface area contributed by atoms with Gasteiger partial charge in [-0.15, -0.1) is 0 Å². The van der Waals surface area contributed by atoms with Crippen molar-refractivity contribution >= 4 is 17.7 Å². The molecule has 2 bridgehead atoms. The van der Waals surface area contributed by atoms with E-state index in [0.29, 0.717) is 13.1 Å². The van der Waals surface area contributed by atoms with Crippen molar-refractivity contribution in [3.8, 4) is 0 Å². The molecule has 0 spiro atoms. The number of carbonyl (C=O) groups excluding carboxylic acids is 3. The Balaban J connectivity index is 2.42. The number of hydrogen-bond acceptors (Lipinski definition) is 8. The smallest absolute Gasteiger partial charge is 0.338 e. The zero-order valence-electron chi connectivity index (χ0n) is 15.4. The van der Waals surface area contributed by atoms with Gasteiger partial charge >= 0.3 is 11.9 Å². The molecule has 3 N–H and O–H groups in total. The molecular weight excluding hydrogens is 342 g/mol. The molecule has 0 aliphatic carbocycles. The van der Waals surface area contributed by atoms with E-state index in [1.165, 1.54) is 13.8 Å². The van der Waals surface area contributed by atoms with E-state index in [9.17, 15) is 24.6 Å². The Bertz CT molecular complexity index is 598. The third kappa shape index (κ3) is 4.13. The Morgan fingerprint density at radius 2 is 2.04 bits per heavy atom. The van der Waals surface area contributed by atoms with Gasteiger partial charge in [0.1, 0.15) is 6.61 Å². The quantitative estimate of drug-likeness (QED) is 0.540. The number of fused-ring (bicyclic) bond motifs is 2. The number of ether oxygens (including phenoxy) is 2. The number of rotatable bonds is 1. The summed E-state index contributed by atoms with van der Waals surface area (Å²) in [4.78, 5) is 37.6. The fourth-order valence-corrected chi connectivity index (χ4v) is 3.14. The Hall–Kier alpha value is -1.77. The molecular formula is C18H27NO7. The number of nitrogens with one attached hydrogen (secondary N) is 1. The van der Waals surface area contributed by atoms with Gasteiger partial charge < -0.3 is 25.0 Å². The highest BCUT2D eigenvalue weighted by atomic mass is 16.6. The molecule has 26 heavy (non-hydrogen) atoms. The summed E-state index contributed by atoms with van der Waals surface area (Å²) in [6, 6.07) is 0. The van der Waals surface area contributed by atoms with Gasteiger partial charge in [0, 0.05) is 24.5 Å². The molecule has 0 unspecified atom stereocenters. The Kier molecular flexibility index (Phi) is 6.54. The van der Waals surface area contributed by atoms with E-state index in [-0.39, 0.29) is 25.0 Å². The van der Waals surface area contributed by atoms with Crippen LogP contribution in [0.1, 0.15) is 33.6 Å². The maximum absolute atomic E-state index is 12.7. The Morgan fingerprint density at radius 3 is 2.69 bits per heavy atom. The average molecular weight is 369 g/mol. The standard InChI is InChI=1S/C18H27NO7/c1-4-12-14(20)10(2)18(3,24)17(23)25-9-11-5-7-19-8-6-13(15(11)21)26-16(12)22/h5,10,12-14,19-20,24H,4,6-9H2,1-3H3/b11-5-/t10-,12-,13+,14+,18+/m1/s1. The van der Waals surface area contributed by atoms with Crippen LogP contribution in [0.5, 0.6) is 0 Å². The summed E-state index contributed by atoms with van der Waals surface area (Å²) in [6.07, 6.45) is -0.221. The van der Waals surface area contributed by atoms with E-state index in [0.717, 1.165) is 0 Å². The van der Waals surface area contributed by atoms with Crippen molar-refractivity contribution in [3.05, 3.63) is 11.6 Å². The molecule has 5 atom stereocenters. The average Bonchev–Trinajstić information content (AvgIpc) is 2.59. The first-order valence-corrected chi connectivity index (χ1v) is 8.92. The molecule has 2 rings (SSSR count). The number of hydrogen-bond donors (Lipinski definition) is 3. The maximum atomic E-state index is 12.7. The van der Waals surface area contributed by atoms with E-state index in [4.69, 9.17) is 9.47 Å². The van der Waals surface area contributed by atoms with Crippen molar-refractivity contribution in [2.75, 3.05) is 19.7 Å². The minimum atomic E-state index is -2.02. The SMILES string of the molecule is CC[C@H]1C(=O)O[C@H]2CCNC/C=C(/COC(=O)[C@@](C)(O)[C@H](C)[C@@H]1O)C2=O. The van der Waals surface area contributed by atoms with Gasteiger partial charge in [0.05, 0.1) is 12.0 Å². The number of cyclic esters (lactones) is 1. The van der Waals surface area contributed by atoms with Crippen molar-refractivity contribution in [1.82, 2.24) is 5.32 Å². The van der Waals surface area contributed by atoms with Crippen LogP contribution in [0.15, 0.2) is 11.6 Å². The molecule has 2 heterocycles. The monoisotopic (exact) mass is 369 g/mol. The van der Waals surface area contributed by atoms with Crippen LogP contribution in [0.2, 0.25) is 0 Å². The van der Waals surface area contributed by atoms with Gasteiger partial charge in [-0.2, -0.15) is 0 Å². The van der Waals surface area contributed by atoms with Crippen LogP contribution < -0.4 is 5.32 Å². The summed E-state index contributed by atoms with van der Waals surface area (Å²) in [5, 5.41) is 24.2. The topological polar surface area (TPSA) is 122 Å². The highest BCUT2D eigenvalue weighted by Gasteiger charge is 2.46. The van der Waals surface area contributed by atoms with Crippen molar-refractivity contribution in [1.29, 1.82) is 0 Å². The van der Waals surface area contributed by atoms with Gasteiger partial charge in [0.15, 0.2) is 11.7 Å². The minimum absolute atomic E-state index is 0.209. The highest BCUT2D eigenvalue weighted by Crippen LogP contribution is 2.29. The zero-order chi connectivity index (χ0) is 19.5. The predicted octanol–water partition coefficient (Wildman–Crippen LogP) is -0.282. The van der Waals surface area contributed by atoms with E-state index < -0.39 is 47.4 Å². The first-order chi connectivity index (χ1) is 12.2. The van der Waals surface area contributed by atoms with Crippen molar-refractivity contribution in [3.63, 3.8) is 0 Å². The lowest BCUT2D eigenvalue weighted by molar-refractivity contribution is -0.181. The lowest BCUT2D eigenvalue weighted by Crippen LogP contribution is -2.52. The molecule has 146 valence electrons. The fourth-order valence-electron chi connectivity index (χ4n) is 3.14. The zero-order valence-corrected chi connectivity index (χ0v) is 15.4. The number of ketones is 1. The lowest BCUT2D eigenvalue weighted by atomic mass is 9.79. The molecule has 1 fully saturated rings. The second kappa shape index (κ2) is 8.28. The van der Waals surface area contributed by atoms with Crippen LogP contribution in [-0.2, 0) is 23.9 Å². The second-order valence-corrected chi connectivity index (χ2v) is 7.03.